The molecule has 1 aromatic heterocycles. The highest BCUT2D eigenvalue weighted by Gasteiger charge is 2.27. The van der Waals surface area contributed by atoms with E-state index in [-0.39, 0.29) is 5.91 Å². The van der Waals surface area contributed by atoms with E-state index in [1.165, 1.54) is 13.3 Å². The first kappa shape index (κ1) is 16.9. The number of benzene rings is 1. The molecule has 2 atom stereocenters. The van der Waals surface area contributed by atoms with Crippen molar-refractivity contribution in [3.8, 4) is 0 Å². The number of rotatable bonds is 5. The van der Waals surface area contributed by atoms with Gasteiger partial charge in [-0.25, -0.2) is 4.79 Å². The zero-order chi connectivity index (χ0) is 17.0. The van der Waals surface area contributed by atoms with E-state index >= 15 is 0 Å². The number of methoxy groups -OCH3 is 1. The molecule has 0 bridgehead atoms. The number of ether oxygens (including phenoxy) is 1. The molecule has 0 saturated heterocycles. The fraction of sp³-hybridized carbons (Fsp3) is 0.353. The van der Waals surface area contributed by atoms with Crippen LogP contribution in [0, 0.1) is 6.92 Å². The molecule has 0 radical (unpaired) electrons. The van der Waals surface area contributed by atoms with Crippen molar-refractivity contribution < 1.29 is 19.4 Å². The summed E-state index contributed by atoms with van der Waals surface area (Å²) in [4.78, 5) is 28.2. The molecule has 0 aliphatic heterocycles. The topological polar surface area (TPSA) is 88.5 Å². The van der Waals surface area contributed by atoms with Gasteiger partial charge in [-0.15, -0.1) is 0 Å². The maximum Gasteiger partial charge on any atom is 0.336 e. The Labute approximate surface area is 134 Å². The minimum atomic E-state index is -1.40. The van der Waals surface area contributed by atoms with Crippen molar-refractivity contribution in [3.63, 3.8) is 0 Å². The summed E-state index contributed by atoms with van der Waals surface area (Å²) in [5.74, 6) is -1.15. The minimum Gasteiger partial charge on any atom is -0.467 e. The molecule has 2 unspecified atom stereocenters. The molecule has 0 fully saturated rings. The Kier molecular flexibility index (Phi) is 5.28. The number of amides is 1. The first-order valence-electron chi connectivity index (χ1n) is 7.40. The van der Waals surface area contributed by atoms with Crippen LogP contribution in [0.15, 0.2) is 30.5 Å². The van der Waals surface area contributed by atoms with E-state index in [0.717, 1.165) is 16.5 Å². The molecule has 122 valence electrons. The van der Waals surface area contributed by atoms with Crippen molar-refractivity contribution >= 4 is 22.8 Å². The van der Waals surface area contributed by atoms with Crippen LogP contribution in [-0.4, -0.2) is 41.2 Å². The molecule has 0 saturated carbocycles. The van der Waals surface area contributed by atoms with Gasteiger partial charge in [-0.3, -0.25) is 9.78 Å². The van der Waals surface area contributed by atoms with E-state index in [9.17, 15) is 14.7 Å². The maximum absolute atomic E-state index is 12.5. The van der Waals surface area contributed by atoms with E-state index in [1.54, 1.807) is 6.92 Å². The van der Waals surface area contributed by atoms with Crippen molar-refractivity contribution in [1.29, 1.82) is 0 Å². The van der Waals surface area contributed by atoms with Gasteiger partial charge >= 0.3 is 5.97 Å². The van der Waals surface area contributed by atoms with Crippen molar-refractivity contribution in [2.24, 2.45) is 0 Å². The van der Waals surface area contributed by atoms with Crippen LogP contribution in [0.1, 0.15) is 29.3 Å². The molecule has 1 aromatic carbocycles. The van der Waals surface area contributed by atoms with Gasteiger partial charge in [0.15, 0.2) is 6.10 Å². The number of fused-ring (bicyclic) bond motifs is 1. The maximum atomic E-state index is 12.5. The van der Waals surface area contributed by atoms with Crippen LogP contribution in [0.5, 0.6) is 0 Å². The van der Waals surface area contributed by atoms with Crippen LogP contribution in [0.25, 0.3) is 10.9 Å². The largest absolute Gasteiger partial charge is 0.467 e. The number of carbonyl (C=O) groups excluding carboxylic acids is 2. The summed E-state index contributed by atoms with van der Waals surface area (Å²) in [5.41, 5.74) is 2.03. The lowest BCUT2D eigenvalue weighted by Gasteiger charge is -2.21. The van der Waals surface area contributed by atoms with Crippen LogP contribution in [-0.2, 0) is 9.53 Å². The molecule has 2 N–H and O–H groups in total. The van der Waals surface area contributed by atoms with E-state index in [1.807, 2.05) is 31.2 Å². The second kappa shape index (κ2) is 7.19. The Bertz CT molecular complexity index is 730. The van der Waals surface area contributed by atoms with Gasteiger partial charge < -0.3 is 15.2 Å². The van der Waals surface area contributed by atoms with E-state index in [4.69, 9.17) is 0 Å². The number of hydrogen-bond donors (Lipinski definition) is 2. The van der Waals surface area contributed by atoms with E-state index in [0.29, 0.717) is 12.0 Å². The Morgan fingerprint density at radius 2 is 2.04 bits per heavy atom. The van der Waals surface area contributed by atoms with Gasteiger partial charge in [-0.1, -0.05) is 25.1 Å². The number of para-hydroxylation sites is 1. The van der Waals surface area contributed by atoms with Crippen LogP contribution in [0.2, 0.25) is 0 Å². The predicted octanol–water partition coefficient (Wildman–Crippen LogP) is 1.59. The van der Waals surface area contributed by atoms with Gasteiger partial charge in [0, 0.05) is 11.6 Å². The number of nitrogens with one attached hydrogen (secondary N) is 1. The quantitative estimate of drug-likeness (QED) is 0.818. The SMILES string of the molecule is CCC(NC(=O)c1cnc2ccccc2c1C)C(O)C(=O)OC. The fourth-order valence-corrected chi connectivity index (χ4v) is 2.44. The number of carbonyl (C=O) groups is 2. The Balaban J connectivity index is 2.26. The number of hydrogen-bond acceptors (Lipinski definition) is 5. The molecule has 6 nitrogen and oxygen atoms in total. The summed E-state index contributed by atoms with van der Waals surface area (Å²) in [5, 5.41) is 13.5. The van der Waals surface area contributed by atoms with Gasteiger partial charge in [-0.05, 0) is 25.0 Å². The number of nitrogens with zero attached hydrogens (tertiary/aromatic N) is 1. The molecule has 2 rings (SSSR count). The number of aliphatic hydroxyl groups is 1. The summed E-state index contributed by atoms with van der Waals surface area (Å²) < 4.78 is 4.51. The summed E-state index contributed by atoms with van der Waals surface area (Å²) >= 11 is 0. The molecule has 1 heterocycles. The van der Waals surface area contributed by atoms with Gasteiger partial charge in [0.1, 0.15) is 0 Å². The normalized spacial score (nSPS) is 13.4. The molecular weight excluding hydrogens is 296 g/mol. The Hall–Kier alpha value is -2.47. The highest BCUT2D eigenvalue weighted by atomic mass is 16.5. The third-order valence-corrected chi connectivity index (χ3v) is 3.87. The van der Waals surface area contributed by atoms with Gasteiger partial charge in [0.2, 0.25) is 0 Å². The first-order valence-corrected chi connectivity index (χ1v) is 7.40. The van der Waals surface area contributed by atoms with Gasteiger partial charge in [0.25, 0.3) is 5.91 Å². The molecule has 0 aliphatic carbocycles. The van der Waals surface area contributed by atoms with Crippen LogP contribution < -0.4 is 5.32 Å². The highest BCUT2D eigenvalue weighted by molar-refractivity contribution is 6.00. The van der Waals surface area contributed by atoms with Crippen LogP contribution in [0.4, 0.5) is 0 Å². The van der Waals surface area contributed by atoms with Crippen LogP contribution in [0.3, 0.4) is 0 Å². The average molecular weight is 316 g/mol. The standard InChI is InChI=1S/C17H20N2O4/c1-4-13(15(20)17(22)23-3)19-16(21)12-9-18-14-8-6-5-7-11(14)10(12)2/h5-9,13,15,20H,4H2,1-3H3,(H,19,21). The number of esters is 1. The summed E-state index contributed by atoms with van der Waals surface area (Å²) in [6.07, 6.45) is 0.495. The van der Waals surface area contributed by atoms with Crippen molar-refractivity contribution in [3.05, 3.63) is 41.6 Å². The predicted molar refractivity (Wildman–Crippen MR) is 86.0 cm³/mol. The van der Waals surface area contributed by atoms with Gasteiger partial charge in [0.05, 0.1) is 24.2 Å². The summed E-state index contributed by atoms with van der Waals surface area (Å²) in [7, 11) is 1.19. The smallest absolute Gasteiger partial charge is 0.336 e. The Morgan fingerprint density at radius 1 is 1.35 bits per heavy atom. The second-order valence-corrected chi connectivity index (χ2v) is 5.27. The molecular formula is C17H20N2O4. The minimum absolute atomic E-state index is 0.379. The highest BCUT2D eigenvalue weighted by Crippen LogP contribution is 2.19. The molecule has 1 amide bonds. The third-order valence-electron chi connectivity index (χ3n) is 3.87. The van der Waals surface area contributed by atoms with Crippen LogP contribution >= 0.6 is 0 Å². The van der Waals surface area contributed by atoms with Crippen molar-refractivity contribution in [2.45, 2.75) is 32.4 Å². The summed E-state index contributed by atoms with van der Waals surface area (Å²) in [6.45, 7) is 3.61. The average Bonchev–Trinajstić information content (AvgIpc) is 2.58. The molecule has 2 aromatic rings. The fourth-order valence-electron chi connectivity index (χ4n) is 2.44. The third kappa shape index (κ3) is 3.48. The number of aryl methyl sites for hydroxylation is 1. The lowest BCUT2D eigenvalue weighted by Crippen LogP contribution is -2.47. The lowest BCUT2D eigenvalue weighted by atomic mass is 10.0. The molecule has 0 aliphatic rings. The zero-order valence-corrected chi connectivity index (χ0v) is 13.4. The van der Waals surface area contributed by atoms with Gasteiger partial charge in [-0.2, -0.15) is 0 Å². The zero-order valence-electron chi connectivity index (χ0n) is 13.4. The van der Waals surface area contributed by atoms with Crippen molar-refractivity contribution in [2.75, 3.05) is 7.11 Å². The molecule has 0 spiro atoms. The number of aliphatic hydroxyl groups excluding tert-OH is 1. The first-order chi connectivity index (χ1) is 11.0. The monoisotopic (exact) mass is 316 g/mol. The number of aromatic nitrogens is 1. The molecule has 6 heteroatoms. The molecule has 23 heavy (non-hydrogen) atoms. The number of pyridine rings is 1. The van der Waals surface area contributed by atoms with E-state index in [2.05, 4.69) is 15.0 Å². The van der Waals surface area contributed by atoms with Crippen molar-refractivity contribution in [1.82, 2.24) is 10.3 Å². The summed E-state index contributed by atoms with van der Waals surface area (Å²) in [6, 6.07) is 6.82. The lowest BCUT2D eigenvalue weighted by molar-refractivity contribution is -0.151. The van der Waals surface area contributed by atoms with E-state index < -0.39 is 18.1 Å². The Morgan fingerprint density at radius 3 is 2.70 bits per heavy atom. The second-order valence-electron chi connectivity index (χ2n) is 5.27.